The Morgan fingerprint density at radius 2 is 2.06 bits per heavy atom. The summed E-state index contributed by atoms with van der Waals surface area (Å²) in [6.07, 6.45) is 3.96. The monoisotopic (exact) mass is 460 g/mol. The normalized spacial score (nSPS) is 22.8. The van der Waals surface area contributed by atoms with Crippen molar-refractivity contribution in [2.45, 2.75) is 49.9 Å². The van der Waals surface area contributed by atoms with E-state index in [1.54, 1.807) is 0 Å². The van der Waals surface area contributed by atoms with E-state index < -0.39 is 6.10 Å². The van der Waals surface area contributed by atoms with Crippen molar-refractivity contribution in [2.24, 2.45) is 0 Å². The highest BCUT2D eigenvalue weighted by atomic mass is 35.5. The summed E-state index contributed by atoms with van der Waals surface area (Å²) in [5, 5.41) is 26.7. The third-order valence-electron chi connectivity index (χ3n) is 6.27. The van der Waals surface area contributed by atoms with Crippen LogP contribution in [0.5, 0.6) is 17.2 Å². The van der Waals surface area contributed by atoms with Gasteiger partial charge in [-0.2, -0.15) is 0 Å². The van der Waals surface area contributed by atoms with Crippen molar-refractivity contribution in [2.75, 3.05) is 20.2 Å². The third kappa shape index (κ3) is 5.11. The molecule has 4 rings (SSSR count). The SMILES string of the molecule is CNC(=O)c1ccc(O)cc1OC[C@H](O)CNC1CCC2(CC1)Cc1cc(Cl)ccc1O2. The zero-order chi connectivity index (χ0) is 22.7. The molecule has 0 unspecified atom stereocenters. The average Bonchev–Trinajstić information content (AvgIpc) is 3.13. The van der Waals surface area contributed by atoms with Gasteiger partial charge < -0.3 is 30.3 Å². The lowest BCUT2D eigenvalue weighted by atomic mass is 9.79. The van der Waals surface area contributed by atoms with Crippen LogP contribution in [0.1, 0.15) is 41.6 Å². The molecule has 1 amide bonds. The quantitative estimate of drug-likeness (QED) is 0.506. The molecule has 1 spiro atoms. The van der Waals surface area contributed by atoms with E-state index in [-0.39, 0.29) is 29.6 Å². The number of aliphatic hydroxyl groups excluding tert-OH is 1. The fourth-order valence-electron chi connectivity index (χ4n) is 4.53. The fourth-order valence-corrected chi connectivity index (χ4v) is 4.72. The number of carbonyl (C=O) groups excluding carboxylic acids is 1. The third-order valence-corrected chi connectivity index (χ3v) is 6.50. The van der Waals surface area contributed by atoms with E-state index in [2.05, 4.69) is 10.6 Å². The molecule has 0 radical (unpaired) electrons. The standard InChI is InChI=1S/C24H29ClN2O5/c1-26-23(30)20-4-3-18(28)11-22(20)31-14-19(29)13-27-17-6-8-24(9-7-17)12-15-10-16(25)2-5-21(15)32-24/h2-5,10-11,17,19,27-29H,6-9,12-14H2,1H3,(H,26,30)/t17?,19-,24?/m1/s1. The molecule has 1 heterocycles. The molecule has 1 saturated carbocycles. The molecule has 0 saturated heterocycles. The maximum atomic E-state index is 12.0. The molecule has 1 atom stereocenters. The number of halogens is 1. The van der Waals surface area contributed by atoms with Gasteiger partial charge in [0, 0.05) is 37.1 Å². The molecule has 1 fully saturated rings. The average molecular weight is 461 g/mol. The number of nitrogens with one attached hydrogen (secondary N) is 2. The number of ether oxygens (including phenoxy) is 2. The number of benzene rings is 2. The van der Waals surface area contributed by atoms with Crippen molar-refractivity contribution in [3.8, 4) is 17.2 Å². The molecule has 2 aromatic carbocycles. The lowest BCUT2D eigenvalue weighted by Gasteiger charge is -2.37. The summed E-state index contributed by atoms with van der Waals surface area (Å²) in [6.45, 7) is 0.388. The first-order valence-corrected chi connectivity index (χ1v) is 11.3. The Labute approximate surface area is 192 Å². The van der Waals surface area contributed by atoms with Gasteiger partial charge in [-0.15, -0.1) is 0 Å². The van der Waals surface area contributed by atoms with E-state index in [9.17, 15) is 15.0 Å². The summed E-state index contributed by atoms with van der Waals surface area (Å²) in [5.74, 6) is 0.856. The number of carbonyl (C=O) groups is 1. The molecule has 2 aliphatic rings. The highest BCUT2D eigenvalue weighted by molar-refractivity contribution is 6.30. The van der Waals surface area contributed by atoms with Crippen LogP contribution in [0.3, 0.4) is 0 Å². The second-order valence-corrected chi connectivity index (χ2v) is 9.06. The summed E-state index contributed by atoms with van der Waals surface area (Å²) in [5.41, 5.74) is 1.35. The molecule has 32 heavy (non-hydrogen) atoms. The summed E-state index contributed by atoms with van der Waals surface area (Å²) >= 11 is 6.12. The van der Waals surface area contributed by atoms with Crippen LogP contribution >= 0.6 is 11.6 Å². The number of aromatic hydroxyl groups is 1. The highest BCUT2D eigenvalue weighted by Gasteiger charge is 2.42. The Hall–Kier alpha value is -2.48. The predicted molar refractivity (Wildman–Crippen MR) is 122 cm³/mol. The number of rotatable bonds is 7. The predicted octanol–water partition coefficient (Wildman–Crippen LogP) is 3.05. The van der Waals surface area contributed by atoms with Crippen molar-refractivity contribution < 1.29 is 24.5 Å². The van der Waals surface area contributed by atoms with E-state index in [0.717, 1.165) is 42.9 Å². The molecule has 7 nitrogen and oxygen atoms in total. The van der Waals surface area contributed by atoms with E-state index in [4.69, 9.17) is 21.1 Å². The lowest BCUT2D eigenvalue weighted by Crippen LogP contribution is -2.46. The van der Waals surface area contributed by atoms with Gasteiger partial charge >= 0.3 is 0 Å². The zero-order valence-electron chi connectivity index (χ0n) is 18.1. The van der Waals surface area contributed by atoms with Gasteiger partial charge in [0.05, 0.1) is 5.56 Å². The molecular weight excluding hydrogens is 432 g/mol. The molecule has 0 aromatic heterocycles. The second kappa shape index (κ2) is 9.57. The van der Waals surface area contributed by atoms with Crippen LogP contribution in [0.2, 0.25) is 5.02 Å². The molecule has 172 valence electrons. The molecule has 4 N–H and O–H groups in total. The van der Waals surface area contributed by atoms with Gasteiger partial charge in [0.25, 0.3) is 5.91 Å². The number of hydrogen-bond acceptors (Lipinski definition) is 6. The van der Waals surface area contributed by atoms with E-state index in [0.29, 0.717) is 18.2 Å². The molecular formula is C24H29ClN2O5. The molecule has 8 heteroatoms. The fraction of sp³-hybridized carbons (Fsp3) is 0.458. The largest absolute Gasteiger partial charge is 0.508 e. The van der Waals surface area contributed by atoms with Crippen LogP contribution < -0.4 is 20.1 Å². The summed E-state index contributed by atoms with van der Waals surface area (Å²) in [6, 6.07) is 10.4. The van der Waals surface area contributed by atoms with Crippen molar-refractivity contribution in [3.63, 3.8) is 0 Å². The van der Waals surface area contributed by atoms with Gasteiger partial charge in [-0.1, -0.05) is 11.6 Å². The first-order chi connectivity index (χ1) is 15.4. The zero-order valence-corrected chi connectivity index (χ0v) is 18.8. The van der Waals surface area contributed by atoms with Gasteiger partial charge in [-0.05, 0) is 61.6 Å². The van der Waals surface area contributed by atoms with Crippen LogP contribution in [0, 0.1) is 0 Å². The van der Waals surface area contributed by atoms with Crippen molar-refractivity contribution in [3.05, 3.63) is 52.5 Å². The van der Waals surface area contributed by atoms with Crippen LogP contribution in [0.15, 0.2) is 36.4 Å². The molecule has 0 bridgehead atoms. The van der Waals surface area contributed by atoms with Gasteiger partial charge in [-0.3, -0.25) is 4.79 Å². The van der Waals surface area contributed by atoms with Gasteiger partial charge in [0.1, 0.15) is 35.6 Å². The van der Waals surface area contributed by atoms with Crippen LogP contribution in [0.4, 0.5) is 0 Å². The topological polar surface area (TPSA) is 100 Å². The Bertz CT molecular complexity index is 975. The van der Waals surface area contributed by atoms with Gasteiger partial charge in [-0.25, -0.2) is 0 Å². The van der Waals surface area contributed by atoms with Crippen LogP contribution in [0.25, 0.3) is 0 Å². The van der Waals surface area contributed by atoms with Crippen molar-refractivity contribution >= 4 is 17.5 Å². The number of aliphatic hydroxyl groups is 1. The maximum absolute atomic E-state index is 12.0. The minimum absolute atomic E-state index is 0.00467. The van der Waals surface area contributed by atoms with E-state index in [1.807, 2.05) is 18.2 Å². The number of phenols is 1. The van der Waals surface area contributed by atoms with E-state index in [1.165, 1.54) is 30.8 Å². The molecule has 2 aromatic rings. The van der Waals surface area contributed by atoms with Crippen molar-refractivity contribution in [1.82, 2.24) is 10.6 Å². The van der Waals surface area contributed by atoms with Gasteiger partial charge in [0.15, 0.2) is 0 Å². The number of fused-ring (bicyclic) bond motifs is 1. The Balaban J connectivity index is 1.23. The minimum atomic E-state index is -0.750. The minimum Gasteiger partial charge on any atom is -0.508 e. The Morgan fingerprint density at radius 1 is 1.28 bits per heavy atom. The maximum Gasteiger partial charge on any atom is 0.254 e. The first-order valence-electron chi connectivity index (χ1n) is 10.9. The highest BCUT2D eigenvalue weighted by Crippen LogP contribution is 2.44. The Kier molecular flexibility index (Phi) is 6.79. The van der Waals surface area contributed by atoms with Crippen LogP contribution in [-0.2, 0) is 6.42 Å². The molecule has 1 aliphatic heterocycles. The summed E-state index contributed by atoms with van der Waals surface area (Å²) < 4.78 is 11.9. The van der Waals surface area contributed by atoms with Crippen LogP contribution in [-0.4, -0.2) is 54.1 Å². The van der Waals surface area contributed by atoms with Crippen molar-refractivity contribution in [1.29, 1.82) is 0 Å². The Morgan fingerprint density at radius 3 is 2.81 bits per heavy atom. The number of amides is 1. The lowest BCUT2D eigenvalue weighted by molar-refractivity contribution is 0.0391. The number of hydrogen-bond donors (Lipinski definition) is 4. The smallest absolute Gasteiger partial charge is 0.254 e. The van der Waals surface area contributed by atoms with Gasteiger partial charge in [0.2, 0.25) is 0 Å². The molecule has 1 aliphatic carbocycles. The first kappa shape index (κ1) is 22.7. The second-order valence-electron chi connectivity index (χ2n) is 8.62. The summed E-state index contributed by atoms with van der Waals surface area (Å²) in [7, 11) is 1.52. The number of phenolic OH excluding ortho intramolecular Hbond substituents is 1. The van der Waals surface area contributed by atoms with E-state index >= 15 is 0 Å². The summed E-state index contributed by atoms with van der Waals surface area (Å²) in [4.78, 5) is 12.0.